The van der Waals surface area contributed by atoms with E-state index in [2.05, 4.69) is 25.7 Å². The van der Waals surface area contributed by atoms with Crippen molar-refractivity contribution in [1.29, 1.82) is 0 Å². The molecule has 1 aromatic heterocycles. The van der Waals surface area contributed by atoms with E-state index in [1.807, 2.05) is 34.9 Å². The Labute approximate surface area is 154 Å². The highest BCUT2D eigenvalue weighted by Crippen LogP contribution is 2.30. The number of ether oxygens (including phenoxy) is 1. The van der Waals surface area contributed by atoms with Gasteiger partial charge in [0, 0.05) is 32.2 Å². The minimum absolute atomic E-state index is 0.0959. The lowest BCUT2D eigenvalue weighted by molar-refractivity contribution is -0.384. The number of rotatable bonds is 7. The fourth-order valence-corrected chi connectivity index (χ4v) is 3.63. The fourth-order valence-electron chi connectivity index (χ4n) is 2.88. The molecular formula is C20H24N2O3Si. The first kappa shape index (κ1) is 18.4. The van der Waals surface area contributed by atoms with Crippen molar-refractivity contribution in [3.8, 4) is 11.3 Å². The van der Waals surface area contributed by atoms with Crippen LogP contribution in [0, 0.1) is 10.1 Å². The lowest BCUT2D eigenvalue weighted by atomic mass is 10.1. The maximum atomic E-state index is 11.2. The zero-order valence-corrected chi connectivity index (χ0v) is 16.4. The van der Waals surface area contributed by atoms with E-state index >= 15 is 0 Å². The Morgan fingerprint density at radius 2 is 1.81 bits per heavy atom. The highest BCUT2D eigenvalue weighted by molar-refractivity contribution is 6.76. The third-order valence-corrected chi connectivity index (χ3v) is 6.09. The van der Waals surface area contributed by atoms with Crippen molar-refractivity contribution in [2.45, 2.75) is 32.4 Å². The summed E-state index contributed by atoms with van der Waals surface area (Å²) in [5.74, 6) is 0. The minimum atomic E-state index is -1.16. The fraction of sp³-hybridized carbons (Fsp3) is 0.300. The number of nitrogens with zero attached hydrogens (tertiary/aromatic N) is 2. The van der Waals surface area contributed by atoms with Crippen molar-refractivity contribution in [3.05, 3.63) is 64.7 Å². The molecule has 0 aliphatic heterocycles. The Bertz CT molecular complexity index is 914. The molecule has 0 saturated heterocycles. The molecular weight excluding hydrogens is 344 g/mol. The van der Waals surface area contributed by atoms with Crippen LogP contribution in [0.1, 0.15) is 0 Å². The van der Waals surface area contributed by atoms with Gasteiger partial charge in [-0.25, -0.2) is 0 Å². The first-order valence-corrected chi connectivity index (χ1v) is 12.5. The Morgan fingerprint density at radius 3 is 2.46 bits per heavy atom. The van der Waals surface area contributed by atoms with Crippen LogP contribution in [0.4, 0.5) is 5.69 Å². The van der Waals surface area contributed by atoms with Gasteiger partial charge in [-0.1, -0.05) is 50.0 Å². The number of fused-ring (bicyclic) bond motifs is 1. The molecule has 0 amide bonds. The summed E-state index contributed by atoms with van der Waals surface area (Å²) >= 11 is 0. The number of non-ortho nitro benzene ring substituents is 1. The molecule has 0 saturated carbocycles. The predicted molar refractivity (Wildman–Crippen MR) is 108 cm³/mol. The summed E-state index contributed by atoms with van der Waals surface area (Å²) in [6.07, 6.45) is 0. The Hall–Kier alpha value is -2.44. The molecule has 0 radical (unpaired) electrons. The summed E-state index contributed by atoms with van der Waals surface area (Å²) in [4.78, 5) is 10.8. The van der Waals surface area contributed by atoms with Crippen LogP contribution in [0.25, 0.3) is 22.2 Å². The minimum Gasteiger partial charge on any atom is -0.361 e. The molecule has 1 heterocycles. The van der Waals surface area contributed by atoms with E-state index in [0.717, 1.165) is 28.2 Å². The van der Waals surface area contributed by atoms with Gasteiger partial charge in [0.15, 0.2) is 0 Å². The van der Waals surface area contributed by atoms with Crippen LogP contribution in [0.5, 0.6) is 0 Å². The quantitative estimate of drug-likeness (QED) is 0.238. The first-order valence-electron chi connectivity index (χ1n) is 8.76. The van der Waals surface area contributed by atoms with Crippen LogP contribution in [-0.4, -0.2) is 24.2 Å². The summed E-state index contributed by atoms with van der Waals surface area (Å²) in [5.41, 5.74) is 3.00. The zero-order valence-electron chi connectivity index (χ0n) is 15.4. The number of benzene rings is 2. The van der Waals surface area contributed by atoms with Crippen LogP contribution >= 0.6 is 0 Å². The highest BCUT2D eigenvalue weighted by atomic mass is 28.3. The van der Waals surface area contributed by atoms with Gasteiger partial charge in [0.05, 0.1) is 16.1 Å². The van der Waals surface area contributed by atoms with E-state index in [4.69, 9.17) is 4.74 Å². The summed E-state index contributed by atoms with van der Waals surface area (Å²) < 4.78 is 7.98. The van der Waals surface area contributed by atoms with Crippen molar-refractivity contribution in [2.24, 2.45) is 0 Å². The van der Waals surface area contributed by atoms with E-state index in [1.165, 1.54) is 0 Å². The molecule has 0 unspecified atom stereocenters. The number of nitro groups is 1. The topological polar surface area (TPSA) is 57.3 Å². The zero-order chi connectivity index (χ0) is 18.7. The Morgan fingerprint density at radius 1 is 1.08 bits per heavy atom. The maximum Gasteiger partial charge on any atom is 0.271 e. The lowest BCUT2D eigenvalue weighted by Crippen LogP contribution is -2.22. The molecule has 0 atom stereocenters. The van der Waals surface area contributed by atoms with E-state index in [1.54, 1.807) is 18.2 Å². The Balaban J connectivity index is 1.98. The second-order valence-corrected chi connectivity index (χ2v) is 13.3. The van der Waals surface area contributed by atoms with Crippen molar-refractivity contribution < 1.29 is 9.66 Å². The molecule has 0 bridgehead atoms. The van der Waals surface area contributed by atoms with Crippen LogP contribution in [0.3, 0.4) is 0 Å². The molecule has 6 heteroatoms. The average Bonchev–Trinajstić information content (AvgIpc) is 2.96. The van der Waals surface area contributed by atoms with Crippen LogP contribution in [-0.2, 0) is 11.5 Å². The number of hydrogen-bond acceptors (Lipinski definition) is 3. The average molecular weight is 369 g/mol. The third-order valence-electron chi connectivity index (χ3n) is 4.38. The lowest BCUT2D eigenvalue weighted by Gasteiger charge is -2.17. The second-order valence-electron chi connectivity index (χ2n) is 7.67. The van der Waals surface area contributed by atoms with E-state index < -0.39 is 8.07 Å². The SMILES string of the molecule is C[Si](C)(C)CCOCn1c(-c2ccccc2)cc2ccc([N+](=O)[O-])cc21. The predicted octanol–water partition coefficient (Wildman–Crippen LogP) is 5.53. The normalized spacial score (nSPS) is 11.8. The summed E-state index contributed by atoms with van der Waals surface area (Å²) in [6.45, 7) is 8.05. The van der Waals surface area contributed by atoms with Gasteiger partial charge in [0.1, 0.15) is 6.73 Å². The summed E-state index contributed by atoms with van der Waals surface area (Å²) in [5, 5.41) is 12.1. The van der Waals surface area contributed by atoms with Gasteiger partial charge < -0.3 is 9.30 Å². The van der Waals surface area contributed by atoms with E-state index in [0.29, 0.717) is 13.3 Å². The molecule has 3 aromatic rings. The molecule has 0 aliphatic rings. The molecule has 2 aromatic carbocycles. The Kier molecular flexibility index (Phi) is 5.25. The number of nitro benzene ring substituents is 1. The van der Waals surface area contributed by atoms with Gasteiger partial charge in [-0.15, -0.1) is 0 Å². The van der Waals surface area contributed by atoms with Crippen LogP contribution in [0.15, 0.2) is 54.6 Å². The van der Waals surface area contributed by atoms with Crippen molar-refractivity contribution >= 4 is 24.7 Å². The van der Waals surface area contributed by atoms with Gasteiger partial charge in [0.25, 0.3) is 5.69 Å². The number of aromatic nitrogens is 1. The van der Waals surface area contributed by atoms with Crippen LogP contribution in [0.2, 0.25) is 25.7 Å². The molecule has 0 spiro atoms. The van der Waals surface area contributed by atoms with E-state index in [9.17, 15) is 10.1 Å². The molecule has 5 nitrogen and oxygen atoms in total. The standard InChI is InChI=1S/C20H24N2O3Si/c1-26(2,3)12-11-25-15-21-19(16-7-5-4-6-8-16)13-17-9-10-18(22(23)24)14-20(17)21/h4-10,13-14H,11-12,15H2,1-3H3. The van der Waals surface area contributed by atoms with Crippen molar-refractivity contribution in [2.75, 3.05) is 6.61 Å². The van der Waals surface area contributed by atoms with Gasteiger partial charge in [-0.05, 0) is 23.7 Å². The van der Waals surface area contributed by atoms with Crippen LogP contribution < -0.4 is 0 Å². The number of hydrogen-bond donors (Lipinski definition) is 0. The molecule has 136 valence electrons. The second kappa shape index (κ2) is 7.43. The van der Waals surface area contributed by atoms with Crippen molar-refractivity contribution in [3.63, 3.8) is 0 Å². The van der Waals surface area contributed by atoms with Crippen molar-refractivity contribution in [1.82, 2.24) is 4.57 Å². The third kappa shape index (κ3) is 4.20. The molecule has 3 rings (SSSR count). The molecule has 26 heavy (non-hydrogen) atoms. The van der Waals surface area contributed by atoms with Gasteiger partial charge in [-0.2, -0.15) is 0 Å². The highest BCUT2D eigenvalue weighted by Gasteiger charge is 2.16. The molecule has 0 aliphatic carbocycles. The molecule has 0 fully saturated rings. The molecule has 0 N–H and O–H groups in total. The maximum absolute atomic E-state index is 11.2. The monoisotopic (exact) mass is 368 g/mol. The van der Waals surface area contributed by atoms with Gasteiger partial charge in [0.2, 0.25) is 0 Å². The van der Waals surface area contributed by atoms with Gasteiger partial charge >= 0.3 is 0 Å². The van der Waals surface area contributed by atoms with Gasteiger partial charge in [-0.3, -0.25) is 10.1 Å². The first-order chi connectivity index (χ1) is 12.3. The summed E-state index contributed by atoms with van der Waals surface area (Å²) in [6, 6.07) is 18.2. The van der Waals surface area contributed by atoms with E-state index in [-0.39, 0.29) is 10.6 Å². The largest absolute Gasteiger partial charge is 0.361 e. The smallest absolute Gasteiger partial charge is 0.271 e. The summed E-state index contributed by atoms with van der Waals surface area (Å²) in [7, 11) is -1.16.